The number of nitrogens with one attached hydrogen (secondary N) is 1. The Morgan fingerprint density at radius 3 is 2.58 bits per heavy atom. The monoisotopic (exact) mass is 327 g/mol. The molecule has 24 heavy (non-hydrogen) atoms. The molecule has 6 heteroatoms. The van der Waals surface area contributed by atoms with E-state index in [2.05, 4.69) is 10.3 Å². The van der Waals surface area contributed by atoms with Crippen LogP contribution in [0.5, 0.6) is 5.75 Å². The van der Waals surface area contributed by atoms with Gasteiger partial charge in [0.15, 0.2) is 0 Å². The van der Waals surface area contributed by atoms with Crippen molar-refractivity contribution in [1.29, 1.82) is 0 Å². The summed E-state index contributed by atoms with van der Waals surface area (Å²) in [5.41, 5.74) is 1.34. The number of anilines is 1. The summed E-state index contributed by atoms with van der Waals surface area (Å²) in [6.45, 7) is 4.02. The van der Waals surface area contributed by atoms with Crippen LogP contribution in [0.1, 0.15) is 19.5 Å². The van der Waals surface area contributed by atoms with Crippen LogP contribution in [0.3, 0.4) is 0 Å². The van der Waals surface area contributed by atoms with E-state index < -0.39 is 0 Å². The van der Waals surface area contributed by atoms with E-state index >= 15 is 0 Å². The largest absolute Gasteiger partial charge is 0.492 e. The average Bonchev–Trinajstić information content (AvgIpc) is 2.59. The van der Waals surface area contributed by atoms with Crippen molar-refractivity contribution >= 4 is 17.5 Å². The van der Waals surface area contributed by atoms with Gasteiger partial charge in [-0.1, -0.05) is 18.2 Å². The van der Waals surface area contributed by atoms with Gasteiger partial charge in [0, 0.05) is 13.1 Å². The highest BCUT2D eigenvalue weighted by molar-refractivity contribution is 5.98. The summed E-state index contributed by atoms with van der Waals surface area (Å²) in [7, 11) is 0. The molecule has 0 fully saturated rings. The lowest BCUT2D eigenvalue weighted by molar-refractivity contribution is -0.123. The SMILES string of the molecule is CCOc1ccccc1N(CC(=O)NCc1ccccn1)C(C)=O. The van der Waals surface area contributed by atoms with E-state index in [1.54, 1.807) is 24.4 Å². The summed E-state index contributed by atoms with van der Waals surface area (Å²) in [5.74, 6) is 0.0880. The summed E-state index contributed by atoms with van der Waals surface area (Å²) < 4.78 is 5.54. The lowest BCUT2D eigenvalue weighted by atomic mass is 10.2. The lowest BCUT2D eigenvalue weighted by Crippen LogP contribution is -2.39. The average molecular weight is 327 g/mol. The van der Waals surface area contributed by atoms with Crippen molar-refractivity contribution in [3.8, 4) is 5.75 Å². The van der Waals surface area contributed by atoms with Crippen LogP contribution in [-0.4, -0.2) is 29.9 Å². The van der Waals surface area contributed by atoms with Gasteiger partial charge in [-0.3, -0.25) is 19.5 Å². The van der Waals surface area contributed by atoms with E-state index in [1.165, 1.54) is 11.8 Å². The summed E-state index contributed by atoms with van der Waals surface area (Å²) in [4.78, 5) is 29.7. The van der Waals surface area contributed by atoms with Crippen molar-refractivity contribution in [2.75, 3.05) is 18.1 Å². The number of hydrogen-bond acceptors (Lipinski definition) is 4. The predicted molar refractivity (Wildman–Crippen MR) is 91.7 cm³/mol. The summed E-state index contributed by atoms with van der Waals surface area (Å²) in [5, 5.41) is 2.77. The normalized spacial score (nSPS) is 10.1. The molecule has 0 atom stereocenters. The fraction of sp³-hybridized carbons (Fsp3) is 0.278. The Balaban J connectivity index is 2.06. The maximum atomic E-state index is 12.2. The molecule has 0 aliphatic carbocycles. The van der Waals surface area contributed by atoms with Crippen molar-refractivity contribution in [2.45, 2.75) is 20.4 Å². The maximum absolute atomic E-state index is 12.2. The van der Waals surface area contributed by atoms with E-state index in [-0.39, 0.29) is 18.4 Å². The van der Waals surface area contributed by atoms with E-state index in [0.717, 1.165) is 5.69 Å². The molecule has 1 N–H and O–H groups in total. The number of pyridine rings is 1. The third kappa shape index (κ3) is 4.81. The van der Waals surface area contributed by atoms with Crippen molar-refractivity contribution in [2.24, 2.45) is 0 Å². The molecular weight excluding hydrogens is 306 g/mol. The molecule has 1 aromatic heterocycles. The fourth-order valence-electron chi connectivity index (χ4n) is 2.22. The first-order chi connectivity index (χ1) is 11.6. The molecule has 2 aromatic rings. The zero-order valence-corrected chi connectivity index (χ0v) is 13.9. The highest BCUT2D eigenvalue weighted by Crippen LogP contribution is 2.28. The van der Waals surface area contributed by atoms with Gasteiger partial charge in [-0.25, -0.2) is 0 Å². The zero-order valence-electron chi connectivity index (χ0n) is 13.9. The number of carbonyl (C=O) groups excluding carboxylic acids is 2. The minimum absolute atomic E-state index is 0.0771. The van der Waals surface area contributed by atoms with Crippen LogP contribution in [0, 0.1) is 0 Å². The number of hydrogen-bond donors (Lipinski definition) is 1. The van der Waals surface area contributed by atoms with Gasteiger partial charge in [-0.05, 0) is 31.2 Å². The second-order valence-electron chi connectivity index (χ2n) is 5.10. The maximum Gasteiger partial charge on any atom is 0.240 e. The van der Waals surface area contributed by atoms with Gasteiger partial charge in [0.2, 0.25) is 11.8 Å². The van der Waals surface area contributed by atoms with Crippen LogP contribution in [0.4, 0.5) is 5.69 Å². The summed E-state index contributed by atoms with van der Waals surface area (Å²) in [6.07, 6.45) is 1.67. The number of aromatic nitrogens is 1. The Kier molecular flexibility index (Phi) is 6.31. The molecule has 1 aromatic carbocycles. The molecule has 2 amide bonds. The van der Waals surface area contributed by atoms with Gasteiger partial charge in [0.05, 0.1) is 24.5 Å². The predicted octanol–water partition coefficient (Wildman–Crippen LogP) is 2.15. The Morgan fingerprint density at radius 1 is 1.17 bits per heavy atom. The number of benzene rings is 1. The molecule has 0 saturated heterocycles. The van der Waals surface area contributed by atoms with Crippen LogP contribution in [0.25, 0.3) is 0 Å². The standard InChI is InChI=1S/C18H21N3O3/c1-3-24-17-10-5-4-9-16(17)21(14(2)22)13-18(23)20-12-15-8-6-7-11-19-15/h4-11H,3,12-13H2,1-2H3,(H,20,23). The quantitative estimate of drug-likeness (QED) is 0.846. The van der Waals surface area contributed by atoms with Crippen molar-refractivity contribution in [1.82, 2.24) is 10.3 Å². The van der Waals surface area contributed by atoms with Gasteiger partial charge in [-0.2, -0.15) is 0 Å². The second kappa shape index (κ2) is 8.67. The highest BCUT2D eigenvalue weighted by Gasteiger charge is 2.19. The molecule has 0 unspecified atom stereocenters. The molecule has 0 radical (unpaired) electrons. The Morgan fingerprint density at radius 2 is 1.92 bits per heavy atom. The van der Waals surface area contributed by atoms with E-state index in [1.807, 2.05) is 31.2 Å². The van der Waals surface area contributed by atoms with E-state index in [4.69, 9.17) is 4.74 Å². The lowest BCUT2D eigenvalue weighted by Gasteiger charge is -2.23. The first-order valence-corrected chi connectivity index (χ1v) is 7.78. The van der Waals surface area contributed by atoms with Crippen LogP contribution >= 0.6 is 0 Å². The van der Waals surface area contributed by atoms with Gasteiger partial charge in [-0.15, -0.1) is 0 Å². The Labute approximate surface area is 141 Å². The van der Waals surface area contributed by atoms with Gasteiger partial charge in [0.25, 0.3) is 0 Å². The third-order valence-corrected chi connectivity index (χ3v) is 3.33. The number of para-hydroxylation sites is 2. The zero-order chi connectivity index (χ0) is 17.4. The number of carbonyl (C=O) groups is 2. The molecular formula is C18H21N3O3. The van der Waals surface area contributed by atoms with Gasteiger partial charge >= 0.3 is 0 Å². The number of nitrogens with zero attached hydrogens (tertiary/aromatic N) is 2. The second-order valence-corrected chi connectivity index (χ2v) is 5.10. The molecule has 0 aliphatic heterocycles. The highest BCUT2D eigenvalue weighted by atomic mass is 16.5. The Hall–Kier alpha value is -2.89. The molecule has 2 rings (SSSR count). The smallest absolute Gasteiger partial charge is 0.240 e. The first kappa shape index (κ1) is 17.5. The van der Waals surface area contributed by atoms with Crippen LogP contribution in [0.15, 0.2) is 48.7 Å². The van der Waals surface area contributed by atoms with Gasteiger partial charge < -0.3 is 10.1 Å². The molecule has 0 aliphatic rings. The van der Waals surface area contributed by atoms with Crippen LogP contribution in [0.2, 0.25) is 0 Å². The summed E-state index contributed by atoms with van der Waals surface area (Å²) >= 11 is 0. The molecule has 0 spiro atoms. The van der Waals surface area contributed by atoms with Gasteiger partial charge in [0.1, 0.15) is 12.3 Å². The molecule has 0 saturated carbocycles. The van der Waals surface area contributed by atoms with Crippen molar-refractivity contribution < 1.29 is 14.3 Å². The molecule has 1 heterocycles. The summed E-state index contributed by atoms with van der Waals surface area (Å²) in [6, 6.07) is 12.7. The number of rotatable bonds is 7. The molecule has 126 valence electrons. The van der Waals surface area contributed by atoms with Crippen molar-refractivity contribution in [3.63, 3.8) is 0 Å². The van der Waals surface area contributed by atoms with Crippen molar-refractivity contribution in [3.05, 3.63) is 54.4 Å². The number of ether oxygens (including phenoxy) is 1. The van der Waals surface area contributed by atoms with E-state index in [9.17, 15) is 9.59 Å². The first-order valence-electron chi connectivity index (χ1n) is 7.78. The van der Waals surface area contributed by atoms with Crippen LogP contribution in [-0.2, 0) is 16.1 Å². The van der Waals surface area contributed by atoms with E-state index in [0.29, 0.717) is 24.6 Å². The number of amides is 2. The molecule has 6 nitrogen and oxygen atoms in total. The molecule has 0 bridgehead atoms. The Bertz CT molecular complexity index is 689. The minimum atomic E-state index is -0.262. The fourth-order valence-corrected chi connectivity index (χ4v) is 2.22. The third-order valence-electron chi connectivity index (χ3n) is 3.33. The minimum Gasteiger partial charge on any atom is -0.492 e. The topological polar surface area (TPSA) is 71.5 Å². The van der Waals surface area contributed by atoms with Crippen LogP contribution < -0.4 is 15.0 Å².